The first-order chi connectivity index (χ1) is 9.70. The lowest BCUT2D eigenvalue weighted by Gasteiger charge is -2.10. The zero-order valence-corrected chi connectivity index (χ0v) is 11.5. The molecule has 0 radical (unpaired) electrons. The Morgan fingerprint density at radius 1 is 1.15 bits per heavy atom. The van der Waals surface area contributed by atoms with Gasteiger partial charge in [0.05, 0.1) is 11.2 Å². The summed E-state index contributed by atoms with van der Waals surface area (Å²) in [5.74, 6) is 0.666. The fraction of sp³-hybridized carbons (Fsp3) is 0.188. The number of benzene rings is 1. The standard InChI is InChI=1S/C16H15N3O/c1-3-12-6-8-13(9-7-12)19-11(2)18-14-5-4-10-17-15(14)16(19)20/h4-10H,3H2,1-2H3. The molecule has 1 aromatic carbocycles. The maximum Gasteiger partial charge on any atom is 0.284 e. The Morgan fingerprint density at radius 2 is 1.90 bits per heavy atom. The monoisotopic (exact) mass is 265 g/mol. The lowest BCUT2D eigenvalue weighted by Crippen LogP contribution is -2.23. The van der Waals surface area contributed by atoms with Gasteiger partial charge in [-0.3, -0.25) is 9.36 Å². The first-order valence-corrected chi connectivity index (χ1v) is 6.64. The smallest absolute Gasteiger partial charge is 0.266 e. The number of pyridine rings is 1. The molecular formula is C16H15N3O. The molecule has 4 heteroatoms. The van der Waals surface area contributed by atoms with E-state index in [1.54, 1.807) is 22.9 Å². The first-order valence-electron chi connectivity index (χ1n) is 6.64. The van der Waals surface area contributed by atoms with Gasteiger partial charge in [0.2, 0.25) is 0 Å². The molecule has 0 aliphatic carbocycles. The van der Waals surface area contributed by atoms with Crippen molar-refractivity contribution in [2.45, 2.75) is 20.3 Å². The Bertz CT molecular complexity index is 819. The maximum absolute atomic E-state index is 12.6. The van der Waals surface area contributed by atoms with E-state index in [1.165, 1.54) is 5.56 Å². The second-order valence-electron chi connectivity index (χ2n) is 4.69. The van der Waals surface area contributed by atoms with Gasteiger partial charge in [0.25, 0.3) is 5.56 Å². The van der Waals surface area contributed by atoms with E-state index in [4.69, 9.17) is 0 Å². The molecule has 0 N–H and O–H groups in total. The highest BCUT2D eigenvalue weighted by Gasteiger charge is 2.10. The molecule has 20 heavy (non-hydrogen) atoms. The summed E-state index contributed by atoms with van der Waals surface area (Å²) in [6.07, 6.45) is 2.59. The largest absolute Gasteiger partial charge is 0.284 e. The summed E-state index contributed by atoms with van der Waals surface area (Å²) in [6.45, 7) is 3.94. The highest BCUT2D eigenvalue weighted by atomic mass is 16.1. The van der Waals surface area contributed by atoms with Gasteiger partial charge in [-0.1, -0.05) is 19.1 Å². The molecule has 0 saturated carbocycles. The molecule has 0 unspecified atom stereocenters. The van der Waals surface area contributed by atoms with Crippen molar-refractivity contribution in [3.05, 3.63) is 64.3 Å². The van der Waals surface area contributed by atoms with Crippen LogP contribution >= 0.6 is 0 Å². The lowest BCUT2D eigenvalue weighted by molar-refractivity contribution is 0.888. The van der Waals surface area contributed by atoms with Crippen LogP contribution in [0.2, 0.25) is 0 Å². The fourth-order valence-corrected chi connectivity index (χ4v) is 2.31. The van der Waals surface area contributed by atoms with Gasteiger partial charge >= 0.3 is 0 Å². The summed E-state index contributed by atoms with van der Waals surface area (Å²) in [5.41, 5.74) is 2.97. The normalized spacial score (nSPS) is 10.9. The summed E-state index contributed by atoms with van der Waals surface area (Å²) in [6, 6.07) is 11.6. The molecule has 0 bridgehead atoms. The Labute approximate surface area is 116 Å². The molecule has 0 fully saturated rings. The first kappa shape index (κ1) is 12.5. The minimum Gasteiger partial charge on any atom is -0.266 e. The van der Waals surface area contributed by atoms with Crippen LogP contribution in [0.1, 0.15) is 18.3 Å². The minimum absolute atomic E-state index is 0.127. The molecule has 3 rings (SSSR count). The number of rotatable bonds is 2. The number of aryl methyl sites for hydroxylation is 2. The Hall–Kier alpha value is -2.49. The van der Waals surface area contributed by atoms with E-state index in [1.807, 2.05) is 31.2 Å². The Morgan fingerprint density at radius 3 is 2.60 bits per heavy atom. The SMILES string of the molecule is CCc1ccc(-n2c(C)nc3cccnc3c2=O)cc1. The van der Waals surface area contributed by atoms with Gasteiger partial charge < -0.3 is 0 Å². The zero-order chi connectivity index (χ0) is 14.1. The third-order valence-electron chi connectivity index (χ3n) is 3.40. The van der Waals surface area contributed by atoms with Crippen LogP contribution in [0.5, 0.6) is 0 Å². The minimum atomic E-state index is -0.127. The number of hydrogen-bond acceptors (Lipinski definition) is 3. The van der Waals surface area contributed by atoms with Gasteiger partial charge in [-0.2, -0.15) is 0 Å². The second-order valence-corrected chi connectivity index (χ2v) is 4.69. The van der Waals surface area contributed by atoms with Gasteiger partial charge in [0.15, 0.2) is 5.52 Å². The molecule has 2 heterocycles. The lowest BCUT2D eigenvalue weighted by atomic mass is 10.1. The van der Waals surface area contributed by atoms with Gasteiger partial charge in [0, 0.05) is 6.20 Å². The van der Waals surface area contributed by atoms with E-state index >= 15 is 0 Å². The predicted molar refractivity (Wildman–Crippen MR) is 79.3 cm³/mol. The van der Waals surface area contributed by atoms with E-state index in [-0.39, 0.29) is 5.56 Å². The van der Waals surface area contributed by atoms with Crippen LogP contribution in [0.15, 0.2) is 47.4 Å². The summed E-state index contributed by atoms with van der Waals surface area (Å²) in [5, 5.41) is 0. The van der Waals surface area contributed by atoms with Crippen molar-refractivity contribution < 1.29 is 0 Å². The molecule has 2 aromatic heterocycles. The number of fused-ring (bicyclic) bond motifs is 1. The van der Waals surface area contributed by atoms with Crippen molar-refractivity contribution >= 4 is 11.0 Å². The van der Waals surface area contributed by atoms with Gasteiger partial charge in [-0.15, -0.1) is 0 Å². The third-order valence-corrected chi connectivity index (χ3v) is 3.40. The molecule has 4 nitrogen and oxygen atoms in total. The molecule has 0 aliphatic rings. The van der Waals surface area contributed by atoms with E-state index in [0.29, 0.717) is 16.9 Å². The van der Waals surface area contributed by atoms with E-state index in [2.05, 4.69) is 16.9 Å². The molecule has 100 valence electrons. The van der Waals surface area contributed by atoms with E-state index in [9.17, 15) is 4.79 Å². The van der Waals surface area contributed by atoms with Crippen LogP contribution in [-0.2, 0) is 6.42 Å². The molecule has 0 saturated heterocycles. The zero-order valence-electron chi connectivity index (χ0n) is 11.5. The predicted octanol–water partition coefficient (Wildman–Crippen LogP) is 2.65. The molecular weight excluding hydrogens is 250 g/mol. The highest BCUT2D eigenvalue weighted by molar-refractivity contribution is 5.73. The van der Waals surface area contributed by atoms with Crippen LogP contribution in [0.3, 0.4) is 0 Å². The second kappa shape index (κ2) is 4.89. The summed E-state index contributed by atoms with van der Waals surface area (Å²) >= 11 is 0. The van der Waals surface area contributed by atoms with Gasteiger partial charge in [0.1, 0.15) is 5.82 Å². The highest BCUT2D eigenvalue weighted by Crippen LogP contribution is 2.12. The Kier molecular flexibility index (Phi) is 3.06. The van der Waals surface area contributed by atoms with Crippen LogP contribution in [0.25, 0.3) is 16.7 Å². The molecule has 0 amide bonds. The summed E-state index contributed by atoms with van der Waals surface area (Å²) in [4.78, 5) is 21.2. The van der Waals surface area contributed by atoms with Crippen molar-refractivity contribution in [2.24, 2.45) is 0 Å². The summed E-state index contributed by atoms with van der Waals surface area (Å²) < 4.78 is 1.61. The number of nitrogens with zero attached hydrogens (tertiary/aromatic N) is 3. The molecule has 0 aliphatic heterocycles. The average Bonchev–Trinajstić information content (AvgIpc) is 2.48. The van der Waals surface area contributed by atoms with Gasteiger partial charge in [-0.25, -0.2) is 9.97 Å². The quantitative estimate of drug-likeness (QED) is 0.715. The maximum atomic E-state index is 12.6. The van der Waals surface area contributed by atoms with Crippen LogP contribution in [0, 0.1) is 6.92 Å². The van der Waals surface area contributed by atoms with Crippen molar-refractivity contribution in [3.8, 4) is 5.69 Å². The molecule has 3 aromatic rings. The van der Waals surface area contributed by atoms with Crippen molar-refractivity contribution in [1.29, 1.82) is 0 Å². The Balaban J connectivity index is 2.27. The van der Waals surface area contributed by atoms with Crippen LogP contribution < -0.4 is 5.56 Å². The van der Waals surface area contributed by atoms with Gasteiger partial charge in [-0.05, 0) is 43.2 Å². The van der Waals surface area contributed by atoms with E-state index in [0.717, 1.165) is 12.1 Å². The number of hydrogen-bond donors (Lipinski definition) is 0. The van der Waals surface area contributed by atoms with Crippen molar-refractivity contribution in [2.75, 3.05) is 0 Å². The van der Waals surface area contributed by atoms with Crippen LogP contribution in [0.4, 0.5) is 0 Å². The molecule has 0 spiro atoms. The average molecular weight is 265 g/mol. The number of aromatic nitrogens is 3. The van der Waals surface area contributed by atoms with Crippen molar-refractivity contribution in [3.63, 3.8) is 0 Å². The van der Waals surface area contributed by atoms with E-state index < -0.39 is 0 Å². The third kappa shape index (κ3) is 1.99. The topological polar surface area (TPSA) is 47.8 Å². The fourth-order valence-electron chi connectivity index (χ4n) is 2.31. The van der Waals surface area contributed by atoms with Crippen molar-refractivity contribution in [1.82, 2.24) is 14.5 Å². The molecule has 0 atom stereocenters. The van der Waals surface area contributed by atoms with Crippen LogP contribution in [-0.4, -0.2) is 14.5 Å². The summed E-state index contributed by atoms with van der Waals surface area (Å²) in [7, 11) is 0.